The standard InChI is InChI=1S/C22H31Cl2FN4O/c23-17-2-1-3-20(21(17)24)29-12-10-28(11-13-29)9-8-15-4-6-16(7-5-15)26-22(30)27-19-14-18(19)25/h1-3,15-16,18-19H,4-14H2,(H2,26,27,30). The lowest BCUT2D eigenvalue weighted by Gasteiger charge is -2.37. The van der Waals surface area contributed by atoms with E-state index in [0.29, 0.717) is 16.5 Å². The van der Waals surface area contributed by atoms with Crippen LogP contribution in [0, 0.1) is 5.92 Å². The van der Waals surface area contributed by atoms with Crippen LogP contribution in [0.15, 0.2) is 18.2 Å². The van der Waals surface area contributed by atoms with Gasteiger partial charge in [0.2, 0.25) is 0 Å². The highest BCUT2D eigenvalue weighted by Gasteiger charge is 2.39. The summed E-state index contributed by atoms with van der Waals surface area (Å²) in [5.41, 5.74) is 1.03. The van der Waals surface area contributed by atoms with Crippen molar-refractivity contribution in [3.05, 3.63) is 28.2 Å². The summed E-state index contributed by atoms with van der Waals surface area (Å²) < 4.78 is 12.9. The van der Waals surface area contributed by atoms with Crippen molar-refractivity contribution in [3.8, 4) is 0 Å². The van der Waals surface area contributed by atoms with Crippen LogP contribution in [0.2, 0.25) is 10.0 Å². The van der Waals surface area contributed by atoms with E-state index in [1.807, 2.05) is 18.2 Å². The molecule has 3 aliphatic rings. The second-order valence-electron chi connectivity index (χ2n) is 8.88. The highest BCUT2D eigenvalue weighted by atomic mass is 35.5. The summed E-state index contributed by atoms with van der Waals surface area (Å²) in [6.45, 7) is 5.13. The molecule has 0 bridgehead atoms. The maximum Gasteiger partial charge on any atom is 0.315 e. The first-order valence-corrected chi connectivity index (χ1v) is 11.9. The summed E-state index contributed by atoms with van der Waals surface area (Å²) >= 11 is 12.5. The number of carbonyl (C=O) groups is 1. The van der Waals surface area contributed by atoms with Crippen LogP contribution >= 0.6 is 23.2 Å². The molecule has 0 aromatic heterocycles. The van der Waals surface area contributed by atoms with Crippen LogP contribution < -0.4 is 15.5 Å². The molecular weight excluding hydrogens is 426 g/mol. The Hall–Kier alpha value is -1.24. The molecular formula is C22H31Cl2FN4O. The topological polar surface area (TPSA) is 47.6 Å². The zero-order chi connectivity index (χ0) is 21.1. The number of anilines is 1. The van der Waals surface area contributed by atoms with Crippen molar-refractivity contribution in [1.82, 2.24) is 15.5 Å². The number of rotatable bonds is 6. The summed E-state index contributed by atoms with van der Waals surface area (Å²) in [5.74, 6) is 0.727. The zero-order valence-corrected chi connectivity index (χ0v) is 18.8. The number of hydrogen-bond acceptors (Lipinski definition) is 3. The van der Waals surface area contributed by atoms with Crippen molar-refractivity contribution >= 4 is 34.9 Å². The smallest absolute Gasteiger partial charge is 0.315 e. The number of halogens is 3. The second kappa shape index (κ2) is 9.92. The van der Waals surface area contributed by atoms with Crippen molar-refractivity contribution in [2.45, 2.75) is 56.8 Å². The average Bonchev–Trinajstić information content (AvgIpc) is 3.44. The Morgan fingerprint density at radius 1 is 1.07 bits per heavy atom. The first-order chi connectivity index (χ1) is 14.5. The Balaban J connectivity index is 1.12. The number of nitrogens with zero attached hydrogens (tertiary/aromatic N) is 2. The Kier molecular flexibility index (Phi) is 7.27. The molecule has 1 saturated heterocycles. The molecule has 0 spiro atoms. The largest absolute Gasteiger partial charge is 0.368 e. The van der Waals surface area contributed by atoms with Crippen LogP contribution in [0.5, 0.6) is 0 Å². The Bertz CT molecular complexity index is 736. The maximum atomic E-state index is 12.9. The van der Waals surface area contributed by atoms with Crippen molar-refractivity contribution in [3.63, 3.8) is 0 Å². The summed E-state index contributed by atoms with van der Waals surface area (Å²) in [6.07, 6.45) is 5.15. The van der Waals surface area contributed by atoms with Crippen LogP contribution in [-0.2, 0) is 0 Å². The third kappa shape index (κ3) is 5.71. The number of hydrogen-bond donors (Lipinski definition) is 2. The monoisotopic (exact) mass is 456 g/mol. The number of piperazine rings is 1. The van der Waals surface area contributed by atoms with E-state index in [1.54, 1.807) is 0 Å². The van der Waals surface area contributed by atoms with Crippen LogP contribution in [0.4, 0.5) is 14.9 Å². The van der Waals surface area contributed by atoms with Gasteiger partial charge >= 0.3 is 6.03 Å². The molecule has 30 heavy (non-hydrogen) atoms. The summed E-state index contributed by atoms with van der Waals surface area (Å²) in [6, 6.07) is 5.57. The lowest BCUT2D eigenvalue weighted by atomic mass is 9.84. The van der Waals surface area contributed by atoms with Gasteiger partial charge in [0.1, 0.15) is 6.17 Å². The molecule has 2 aliphatic carbocycles. The minimum atomic E-state index is -0.851. The van der Waals surface area contributed by atoms with E-state index in [4.69, 9.17) is 23.2 Å². The van der Waals surface area contributed by atoms with Crippen molar-refractivity contribution in [2.24, 2.45) is 5.92 Å². The molecule has 2 atom stereocenters. The third-order valence-electron chi connectivity index (χ3n) is 6.71. The average molecular weight is 457 g/mol. The van der Waals surface area contributed by atoms with Crippen molar-refractivity contribution in [1.29, 1.82) is 0 Å². The number of alkyl halides is 1. The quantitative estimate of drug-likeness (QED) is 0.663. The minimum Gasteiger partial charge on any atom is -0.368 e. The summed E-state index contributed by atoms with van der Waals surface area (Å²) in [7, 11) is 0. The molecule has 1 aromatic rings. The van der Waals surface area contributed by atoms with Crippen LogP contribution in [0.1, 0.15) is 38.5 Å². The lowest BCUT2D eigenvalue weighted by molar-refractivity contribution is 0.205. The molecule has 3 fully saturated rings. The normalized spacial score (nSPS) is 29.5. The van der Waals surface area contributed by atoms with Gasteiger partial charge in [-0.3, -0.25) is 4.90 Å². The van der Waals surface area contributed by atoms with Gasteiger partial charge in [-0.25, -0.2) is 9.18 Å². The van der Waals surface area contributed by atoms with Gasteiger partial charge in [-0.05, 0) is 56.7 Å². The fourth-order valence-electron chi connectivity index (χ4n) is 4.62. The van der Waals surface area contributed by atoms with Gasteiger partial charge in [0.05, 0.1) is 21.8 Å². The second-order valence-corrected chi connectivity index (χ2v) is 9.67. The SMILES string of the molecule is O=C(NC1CCC(CCN2CCN(c3cccc(Cl)c3Cl)CC2)CC1)NC1CC1F. The van der Waals surface area contributed by atoms with E-state index in [9.17, 15) is 9.18 Å². The molecule has 1 aromatic carbocycles. The van der Waals surface area contributed by atoms with Gasteiger partial charge in [-0.2, -0.15) is 0 Å². The summed E-state index contributed by atoms with van der Waals surface area (Å²) in [4.78, 5) is 16.7. The molecule has 166 valence electrons. The number of carbonyl (C=O) groups excluding carboxylic acids is 1. The highest BCUT2D eigenvalue weighted by molar-refractivity contribution is 6.43. The fourth-order valence-corrected chi connectivity index (χ4v) is 5.03. The number of nitrogens with one attached hydrogen (secondary N) is 2. The molecule has 2 N–H and O–H groups in total. The molecule has 5 nitrogen and oxygen atoms in total. The van der Waals surface area contributed by atoms with E-state index in [1.165, 1.54) is 6.42 Å². The van der Waals surface area contributed by atoms with E-state index in [0.717, 1.165) is 70.0 Å². The number of benzene rings is 1. The summed E-state index contributed by atoms with van der Waals surface area (Å²) in [5, 5.41) is 6.97. The lowest BCUT2D eigenvalue weighted by Crippen LogP contribution is -2.47. The van der Waals surface area contributed by atoms with E-state index in [-0.39, 0.29) is 18.1 Å². The van der Waals surface area contributed by atoms with Crippen molar-refractivity contribution in [2.75, 3.05) is 37.6 Å². The van der Waals surface area contributed by atoms with Gasteiger partial charge in [0, 0.05) is 38.6 Å². The highest BCUT2D eigenvalue weighted by Crippen LogP contribution is 2.33. The zero-order valence-electron chi connectivity index (χ0n) is 17.3. The third-order valence-corrected chi connectivity index (χ3v) is 7.52. The molecule has 2 saturated carbocycles. The van der Waals surface area contributed by atoms with Crippen LogP contribution in [0.25, 0.3) is 0 Å². The van der Waals surface area contributed by atoms with E-state index < -0.39 is 6.17 Å². The van der Waals surface area contributed by atoms with Gasteiger partial charge in [-0.1, -0.05) is 29.3 Å². The molecule has 2 unspecified atom stereocenters. The predicted octanol–water partition coefficient (Wildman–Crippen LogP) is 4.47. The van der Waals surface area contributed by atoms with E-state index in [2.05, 4.69) is 20.4 Å². The fraction of sp³-hybridized carbons (Fsp3) is 0.682. The minimum absolute atomic E-state index is 0.207. The van der Waals surface area contributed by atoms with Crippen molar-refractivity contribution < 1.29 is 9.18 Å². The number of amides is 2. The Morgan fingerprint density at radius 2 is 1.77 bits per heavy atom. The molecule has 1 heterocycles. The van der Waals surface area contributed by atoms with Crippen LogP contribution in [-0.4, -0.2) is 61.9 Å². The number of urea groups is 1. The maximum absolute atomic E-state index is 12.9. The molecule has 4 rings (SSSR count). The Labute approximate surface area is 188 Å². The van der Waals surface area contributed by atoms with Gasteiger partial charge in [0.15, 0.2) is 0 Å². The first kappa shape index (κ1) is 22.0. The molecule has 0 radical (unpaired) electrons. The molecule has 8 heteroatoms. The van der Waals surface area contributed by atoms with Gasteiger partial charge in [-0.15, -0.1) is 0 Å². The molecule has 1 aliphatic heterocycles. The first-order valence-electron chi connectivity index (χ1n) is 11.1. The van der Waals surface area contributed by atoms with Gasteiger partial charge < -0.3 is 15.5 Å². The predicted molar refractivity (Wildman–Crippen MR) is 120 cm³/mol. The van der Waals surface area contributed by atoms with Crippen LogP contribution in [0.3, 0.4) is 0 Å². The molecule has 2 amide bonds. The Morgan fingerprint density at radius 3 is 2.43 bits per heavy atom. The van der Waals surface area contributed by atoms with Gasteiger partial charge in [0.25, 0.3) is 0 Å². The van der Waals surface area contributed by atoms with E-state index >= 15 is 0 Å².